The van der Waals surface area contributed by atoms with Crippen molar-refractivity contribution in [1.82, 2.24) is 10.3 Å². The molecule has 0 aliphatic rings. The van der Waals surface area contributed by atoms with Gasteiger partial charge in [-0.1, -0.05) is 68.7 Å². The fourth-order valence-corrected chi connectivity index (χ4v) is 2.20. The number of hydrogen-bond acceptors (Lipinski definition) is 3. The second-order valence-corrected chi connectivity index (χ2v) is 5.52. The highest BCUT2D eigenvalue weighted by Gasteiger charge is 2.04. The average Bonchev–Trinajstić information content (AvgIpc) is 2.61. The van der Waals surface area contributed by atoms with Crippen LogP contribution in [0.1, 0.15) is 43.9 Å². The van der Waals surface area contributed by atoms with Gasteiger partial charge in [0.25, 0.3) is 0 Å². The van der Waals surface area contributed by atoms with Gasteiger partial charge in [-0.2, -0.15) is 0 Å². The lowest BCUT2D eigenvalue weighted by Crippen LogP contribution is -2.28. The Morgan fingerprint density at radius 1 is 1.04 bits per heavy atom. The third kappa shape index (κ3) is 6.65. The molecule has 0 aliphatic carbocycles. The van der Waals surface area contributed by atoms with E-state index in [9.17, 15) is 4.79 Å². The van der Waals surface area contributed by atoms with Crippen molar-refractivity contribution in [3.8, 4) is 5.88 Å². The maximum absolute atomic E-state index is 11.7. The lowest BCUT2D eigenvalue weighted by atomic mass is 10.2. The van der Waals surface area contributed by atoms with Crippen molar-refractivity contribution in [2.75, 3.05) is 6.54 Å². The van der Waals surface area contributed by atoms with Crippen LogP contribution in [0.3, 0.4) is 0 Å². The van der Waals surface area contributed by atoms with Crippen LogP contribution in [-0.4, -0.2) is 17.6 Å². The quantitative estimate of drug-likeness (QED) is 0.701. The third-order valence-corrected chi connectivity index (χ3v) is 3.49. The van der Waals surface area contributed by atoms with E-state index < -0.39 is 6.09 Å². The van der Waals surface area contributed by atoms with E-state index in [2.05, 4.69) is 17.2 Å². The number of carbonyl (C=O) groups excluding carboxylic acids is 1. The van der Waals surface area contributed by atoms with Gasteiger partial charge in [0.2, 0.25) is 5.88 Å². The standard InChI is InChI=1S/C20H24N2O2/c1-2-3-4-8-16-21-20(23)24-19-13-9-12-18(22-19)15-14-17-10-6-5-7-11-17/h5-7,9-15H,2-4,8,16H2,1H3,(H,21,23). The van der Waals surface area contributed by atoms with Gasteiger partial charge in [-0.3, -0.25) is 0 Å². The normalized spacial score (nSPS) is 10.7. The molecule has 0 fully saturated rings. The van der Waals surface area contributed by atoms with Gasteiger partial charge in [-0.25, -0.2) is 9.78 Å². The molecule has 0 atom stereocenters. The Balaban J connectivity index is 1.84. The van der Waals surface area contributed by atoms with Gasteiger partial charge in [0.1, 0.15) is 0 Å². The van der Waals surface area contributed by atoms with E-state index >= 15 is 0 Å². The minimum Gasteiger partial charge on any atom is -0.391 e. The first-order valence-electron chi connectivity index (χ1n) is 8.44. The van der Waals surface area contributed by atoms with Gasteiger partial charge in [0.05, 0.1) is 5.69 Å². The maximum atomic E-state index is 11.7. The molecule has 1 aromatic heterocycles. The number of hydrogen-bond donors (Lipinski definition) is 1. The zero-order valence-corrected chi connectivity index (χ0v) is 14.1. The Morgan fingerprint density at radius 2 is 1.88 bits per heavy atom. The molecule has 0 unspecified atom stereocenters. The van der Waals surface area contributed by atoms with Gasteiger partial charge in [0, 0.05) is 12.6 Å². The maximum Gasteiger partial charge on any atom is 0.413 e. The molecule has 0 bridgehead atoms. The average molecular weight is 324 g/mol. The smallest absolute Gasteiger partial charge is 0.391 e. The summed E-state index contributed by atoms with van der Waals surface area (Å²) in [6.45, 7) is 2.79. The SMILES string of the molecule is CCCCCCNC(=O)Oc1cccc(C=Cc2ccccc2)n1. The number of rotatable bonds is 8. The minimum atomic E-state index is -0.455. The molecule has 1 aromatic carbocycles. The van der Waals surface area contributed by atoms with Crippen LogP contribution in [0.4, 0.5) is 4.79 Å². The van der Waals surface area contributed by atoms with E-state index in [1.165, 1.54) is 12.8 Å². The summed E-state index contributed by atoms with van der Waals surface area (Å²) in [6.07, 6.45) is 7.87. The Bertz CT molecular complexity index is 654. The number of pyridine rings is 1. The van der Waals surface area contributed by atoms with E-state index in [0.29, 0.717) is 12.4 Å². The van der Waals surface area contributed by atoms with Gasteiger partial charge >= 0.3 is 6.09 Å². The van der Waals surface area contributed by atoms with Crippen LogP contribution in [0.25, 0.3) is 12.2 Å². The molecule has 2 aromatic rings. The third-order valence-electron chi connectivity index (χ3n) is 3.49. The van der Waals surface area contributed by atoms with Gasteiger partial charge in [-0.15, -0.1) is 0 Å². The molecular formula is C20H24N2O2. The van der Waals surface area contributed by atoms with E-state index in [0.717, 1.165) is 24.1 Å². The summed E-state index contributed by atoms with van der Waals surface area (Å²) in [5.74, 6) is 0.302. The Kier molecular flexibility index (Phi) is 7.54. The van der Waals surface area contributed by atoms with Gasteiger partial charge in [0.15, 0.2) is 0 Å². The summed E-state index contributed by atoms with van der Waals surface area (Å²) in [6, 6.07) is 15.3. The summed E-state index contributed by atoms with van der Waals surface area (Å²) < 4.78 is 5.22. The van der Waals surface area contributed by atoms with E-state index in [4.69, 9.17) is 4.74 Å². The summed E-state index contributed by atoms with van der Waals surface area (Å²) in [5.41, 5.74) is 1.84. The van der Waals surface area contributed by atoms with Crippen molar-refractivity contribution < 1.29 is 9.53 Å². The Morgan fingerprint density at radius 3 is 2.67 bits per heavy atom. The molecule has 4 nitrogen and oxygen atoms in total. The number of nitrogens with zero attached hydrogens (tertiary/aromatic N) is 1. The number of unbranched alkanes of at least 4 members (excludes halogenated alkanes) is 3. The highest BCUT2D eigenvalue weighted by atomic mass is 16.6. The van der Waals surface area contributed by atoms with Crippen molar-refractivity contribution in [2.24, 2.45) is 0 Å². The first kappa shape index (κ1) is 17.7. The van der Waals surface area contributed by atoms with Crippen LogP contribution in [0, 0.1) is 0 Å². The summed E-state index contributed by atoms with van der Waals surface area (Å²) >= 11 is 0. The molecule has 1 amide bonds. The number of benzene rings is 1. The molecular weight excluding hydrogens is 300 g/mol. The first-order chi connectivity index (χ1) is 11.8. The minimum absolute atomic E-state index is 0.302. The summed E-state index contributed by atoms with van der Waals surface area (Å²) in [7, 11) is 0. The number of carbonyl (C=O) groups is 1. The van der Waals surface area contributed by atoms with Crippen LogP contribution < -0.4 is 10.1 Å². The van der Waals surface area contributed by atoms with Crippen molar-refractivity contribution in [3.63, 3.8) is 0 Å². The molecule has 2 rings (SSSR count). The first-order valence-corrected chi connectivity index (χ1v) is 8.44. The topological polar surface area (TPSA) is 51.2 Å². The second kappa shape index (κ2) is 10.2. The predicted octanol–water partition coefficient (Wildman–Crippen LogP) is 4.92. The van der Waals surface area contributed by atoms with Gasteiger partial charge in [-0.05, 0) is 24.1 Å². The number of amides is 1. The second-order valence-electron chi connectivity index (χ2n) is 5.52. The molecule has 1 N–H and O–H groups in total. The number of nitrogens with one attached hydrogen (secondary N) is 1. The van der Waals surface area contributed by atoms with Crippen molar-refractivity contribution >= 4 is 18.2 Å². The monoisotopic (exact) mass is 324 g/mol. The van der Waals surface area contributed by atoms with Crippen LogP contribution in [0.15, 0.2) is 48.5 Å². The zero-order chi connectivity index (χ0) is 17.0. The Hall–Kier alpha value is -2.62. The fraction of sp³-hybridized carbons (Fsp3) is 0.300. The zero-order valence-electron chi connectivity index (χ0n) is 14.1. The molecule has 126 valence electrons. The number of ether oxygens (including phenoxy) is 1. The Labute approximate surface area is 143 Å². The molecule has 24 heavy (non-hydrogen) atoms. The lowest BCUT2D eigenvalue weighted by Gasteiger charge is -2.06. The molecule has 0 radical (unpaired) electrons. The molecule has 0 spiro atoms. The van der Waals surface area contributed by atoms with Crippen molar-refractivity contribution in [3.05, 3.63) is 59.8 Å². The predicted molar refractivity (Wildman–Crippen MR) is 97.8 cm³/mol. The van der Waals surface area contributed by atoms with Crippen molar-refractivity contribution in [2.45, 2.75) is 32.6 Å². The molecule has 1 heterocycles. The summed E-state index contributed by atoms with van der Waals surface area (Å²) in [4.78, 5) is 16.1. The van der Waals surface area contributed by atoms with E-state index in [1.54, 1.807) is 6.07 Å². The van der Waals surface area contributed by atoms with Crippen LogP contribution in [0.5, 0.6) is 5.88 Å². The fourth-order valence-electron chi connectivity index (χ4n) is 2.20. The highest BCUT2D eigenvalue weighted by Crippen LogP contribution is 2.11. The van der Waals surface area contributed by atoms with Crippen LogP contribution >= 0.6 is 0 Å². The van der Waals surface area contributed by atoms with E-state index in [1.807, 2.05) is 54.6 Å². The van der Waals surface area contributed by atoms with Crippen molar-refractivity contribution in [1.29, 1.82) is 0 Å². The highest BCUT2D eigenvalue weighted by molar-refractivity contribution is 5.70. The molecule has 0 saturated heterocycles. The largest absolute Gasteiger partial charge is 0.413 e. The summed E-state index contributed by atoms with van der Waals surface area (Å²) in [5, 5.41) is 2.75. The number of aromatic nitrogens is 1. The molecule has 0 aliphatic heterocycles. The van der Waals surface area contributed by atoms with Crippen LogP contribution in [-0.2, 0) is 0 Å². The van der Waals surface area contributed by atoms with E-state index in [-0.39, 0.29) is 0 Å². The van der Waals surface area contributed by atoms with Crippen LogP contribution in [0.2, 0.25) is 0 Å². The molecule has 4 heteroatoms. The molecule has 0 saturated carbocycles. The lowest BCUT2D eigenvalue weighted by molar-refractivity contribution is 0.198. The van der Waals surface area contributed by atoms with Gasteiger partial charge < -0.3 is 10.1 Å².